The van der Waals surface area contributed by atoms with Gasteiger partial charge in [0.15, 0.2) is 0 Å². The summed E-state index contributed by atoms with van der Waals surface area (Å²) in [5.41, 5.74) is -0.425. The van der Waals surface area contributed by atoms with Crippen molar-refractivity contribution in [2.75, 3.05) is 26.2 Å². The van der Waals surface area contributed by atoms with E-state index in [4.69, 9.17) is 9.47 Å². The van der Waals surface area contributed by atoms with Crippen LogP contribution >= 0.6 is 0 Å². The van der Waals surface area contributed by atoms with Crippen molar-refractivity contribution in [3.63, 3.8) is 0 Å². The van der Waals surface area contributed by atoms with Crippen LogP contribution in [0.15, 0.2) is 0 Å². The highest BCUT2D eigenvalue weighted by molar-refractivity contribution is 5.69. The number of carbonyl (C=O) groups is 1. The van der Waals surface area contributed by atoms with E-state index in [-0.39, 0.29) is 12.1 Å². The van der Waals surface area contributed by atoms with Gasteiger partial charge in [-0.1, -0.05) is 19.3 Å². The zero-order valence-electron chi connectivity index (χ0n) is 15.1. The first-order valence-corrected chi connectivity index (χ1v) is 9.27. The summed E-state index contributed by atoms with van der Waals surface area (Å²) in [6.07, 6.45) is 8.82. The van der Waals surface area contributed by atoms with Gasteiger partial charge in [-0.25, -0.2) is 4.79 Å². The molecule has 5 heteroatoms. The molecule has 2 aliphatic rings. The maximum Gasteiger partial charge on any atom is 0.410 e. The monoisotopic (exact) mass is 326 g/mol. The normalized spacial score (nSPS) is 23.3. The van der Waals surface area contributed by atoms with Crippen molar-refractivity contribution in [1.82, 2.24) is 10.2 Å². The number of hydrogen-bond donors (Lipinski definition) is 1. The molecule has 0 aromatic heterocycles. The highest BCUT2D eigenvalue weighted by atomic mass is 16.6. The van der Waals surface area contributed by atoms with Crippen molar-refractivity contribution in [2.24, 2.45) is 0 Å². The van der Waals surface area contributed by atoms with E-state index in [1.807, 2.05) is 25.7 Å². The van der Waals surface area contributed by atoms with Crippen molar-refractivity contribution in [3.05, 3.63) is 0 Å². The predicted molar refractivity (Wildman–Crippen MR) is 91.7 cm³/mol. The minimum atomic E-state index is -0.425. The smallest absolute Gasteiger partial charge is 0.410 e. The van der Waals surface area contributed by atoms with E-state index in [2.05, 4.69) is 5.32 Å². The predicted octanol–water partition coefficient (Wildman–Crippen LogP) is 3.32. The number of likely N-dealkylation sites (tertiary alicyclic amines) is 1. The van der Waals surface area contributed by atoms with E-state index in [0.717, 1.165) is 39.1 Å². The lowest BCUT2D eigenvalue weighted by Crippen LogP contribution is -2.44. The quantitative estimate of drug-likeness (QED) is 0.761. The van der Waals surface area contributed by atoms with Crippen LogP contribution in [0.5, 0.6) is 0 Å². The summed E-state index contributed by atoms with van der Waals surface area (Å²) in [4.78, 5) is 14.1. The standard InChI is InChI=1S/C18H34N2O3/c1-18(2,3)23-17(21)20-12-7-8-15(20)14-19-11-13-22-16-9-5-4-6-10-16/h15-16,19H,4-14H2,1-3H3. The van der Waals surface area contributed by atoms with Crippen molar-refractivity contribution in [3.8, 4) is 0 Å². The van der Waals surface area contributed by atoms with E-state index in [1.165, 1.54) is 32.1 Å². The second kappa shape index (κ2) is 8.88. The Morgan fingerprint density at radius 3 is 2.57 bits per heavy atom. The lowest BCUT2D eigenvalue weighted by molar-refractivity contribution is 0.0211. The molecule has 1 aliphatic heterocycles. The second-order valence-electron chi connectivity index (χ2n) is 7.80. The third-order valence-corrected chi connectivity index (χ3v) is 4.57. The molecule has 0 aromatic carbocycles. The largest absolute Gasteiger partial charge is 0.444 e. The summed E-state index contributed by atoms with van der Waals surface area (Å²) in [5.74, 6) is 0. The molecule has 23 heavy (non-hydrogen) atoms. The van der Waals surface area contributed by atoms with Crippen LogP contribution in [0, 0.1) is 0 Å². The molecule has 0 spiro atoms. The van der Waals surface area contributed by atoms with Crippen molar-refractivity contribution < 1.29 is 14.3 Å². The Morgan fingerprint density at radius 2 is 1.87 bits per heavy atom. The van der Waals surface area contributed by atoms with E-state index in [9.17, 15) is 4.79 Å². The Kier molecular flexibility index (Phi) is 7.15. The zero-order valence-corrected chi connectivity index (χ0v) is 15.1. The van der Waals surface area contributed by atoms with Crippen molar-refractivity contribution in [1.29, 1.82) is 0 Å². The van der Waals surface area contributed by atoms with Gasteiger partial charge in [0.1, 0.15) is 5.60 Å². The Balaban J connectivity index is 1.61. The molecular formula is C18H34N2O3. The molecule has 1 saturated carbocycles. The average Bonchev–Trinajstić information content (AvgIpc) is 2.95. The summed E-state index contributed by atoms with van der Waals surface area (Å²) >= 11 is 0. The first-order chi connectivity index (χ1) is 11.0. The number of hydrogen-bond acceptors (Lipinski definition) is 4. The number of carbonyl (C=O) groups excluding carboxylic acids is 1. The lowest BCUT2D eigenvalue weighted by Gasteiger charge is -2.29. The van der Waals surface area contributed by atoms with Gasteiger partial charge >= 0.3 is 6.09 Å². The van der Waals surface area contributed by atoms with Gasteiger partial charge in [0.2, 0.25) is 0 Å². The topological polar surface area (TPSA) is 50.8 Å². The molecular weight excluding hydrogens is 292 g/mol. The van der Waals surface area contributed by atoms with Gasteiger partial charge in [-0.05, 0) is 46.5 Å². The van der Waals surface area contributed by atoms with Crippen LogP contribution in [-0.4, -0.2) is 55.0 Å². The molecule has 2 fully saturated rings. The molecule has 1 aliphatic carbocycles. The Hall–Kier alpha value is -0.810. The zero-order chi connectivity index (χ0) is 16.7. The molecule has 0 aromatic rings. The van der Waals surface area contributed by atoms with Crippen LogP contribution in [0.4, 0.5) is 4.79 Å². The first-order valence-electron chi connectivity index (χ1n) is 9.27. The molecule has 0 radical (unpaired) electrons. The summed E-state index contributed by atoms with van der Waals surface area (Å²) in [5, 5.41) is 3.44. The van der Waals surface area contributed by atoms with Crippen LogP contribution in [0.1, 0.15) is 65.7 Å². The number of ether oxygens (including phenoxy) is 2. The number of nitrogens with one attached hydrogen (secondary N) is 1. The fourth-order valence-electron chi connectivity index (χ4n) is 3.41. The van der Waals surface area contributed by atoms with Gasteiger partial charge < -0.3 is 19.7 Å². The van der Waals surface area contributed by atoms with E-state index in [1.54, 1.807) is 0 Å². The van der Waals surface area contributed by atoms with Crippen molar-refractivity contribution in [2.45, 2.75) is 83.5 Å². The van der Waals surface area contributed by atoms with Crippen LogP contribution in [0.25, 0.3) is 0 Å². The minimum absolute atomic E-state index is 0.180. The van der Waals surface area contributed by atoms with Gasteiger partial charge in [0.05, 0.1) is 12.7 Å². The summed E-state index contributed by atoms with van der Waals surface area (Å²) in [6.45, 7) is 9.00. The van der Waals surface area contributed by atoms with Gasteiger partial charge in [-0.3, -0.25) is 0 Å². The molecule has 1 N–H and O–H groups in total. The fraction of sp³-hybridized carbons (Fsp3) is 0.944. The Labute approximate surface area is 141 Å². The highest BCUT2D eigenvalue weighted by Crippen LogP contribution is 2.21. The Morgan fingerprint density at radius 1 is 1.13 bits per heavy atom. The molecule has 1 heterocycles. The molecule has 5 nitrogen and oxygen atoms in total. The van der Waals surface area contributed by atoms with Gasteiger partial charge in [-0.2, -0.15) is 0 Å². The van der Waals surface area contributed by atoms with Crippen LogP contribution < -0.4 is 5.32 Å². The van der Waals surface area contributed by atoms with E-state index >= 15 is 0 Å². The fourth-order valence-corrected chi connectivity index (χ4v) is 3.41. The molecule has 0 bridgehead atoms. The maximum atomic E-state index is 12.2. The van der Waals surface area contributed by atoms with Crippen LogP contribution in [0.2, 0.25) is 0 Å². The molecule has 134 valence electrons. The summed E-state index contributed by atoms with van der Waals surface area (Å²) < 4.78 is 11.4. The van der Waals surface area contributed by atoms with Crippen molar-refractivity contribution >= 4 is 6.09 Å². The third-order valence-electron chi connectivity index (χ3n) is 4.57. The van der Waals surface area contributed by atoms with E-state index < -0.39 is 5.60 Å². The SMILES string of the molecule is CC(C)(C)OC(=O)N1CCCC1CNCCOC1CCCCC1. The number of amides is 1. The molecule has 2 rings (SSSR count). The van der Waals surface area contributed by atoms with Gasteiger partial charge in [0, 0.05) is 25.7 Å². The Bertz CT molecular complexity index is 362. The number of rotatable bonds is 6. The first kappa shape index (κ1) is 18.5. The summed E-state index contributed by atoms with van der Waals surface area (Å²) in [6, 6.07) is 0.250. The van der Waals surface area contributed by atoms with Gasteiger partial charge in [-0.15, -0.1) is 0 Å². The van der Waals surface area contributed by atoms with E-state index in [0.29, 0.717) is 6.10 Å². The third kappa shape index (κ3) is 6.68. The second-order valence-corrected chi connectivity index (χ2v) is 7.80. The van der Waals surface area contributed by atoms with Crippen LogP contribution in [-0.2, 0) is 9.47 Å². The molecule has 1 amide bonds. The summed E-state index contributed by atoms with van der Waals surface area (Å²) in [7, 11) is 0. The highest BCUT2D eigenvalue weighted by Gasteiger charge is 2.31. The number of nitrogens with zero attached hydrogens (tertiary/aromatic N) is 1. The lowest BCUT2D eigenvalue weighted by atomic mass is 9.98. The molecule has 1 atom stereocenters. The molecule has 1 saturated heterocycles. The maximum absolute atomic E-state index is 12.2. The average molecular weight is 326 g/mol. The van der Waals surface area contributed by atoms with Crippen LogP contribution in [0.3, 0.4) is 0 Å². The van der Waals surface area contributed by atoms with Gasteiger partial charge in [0.25, 0.3) is 0 Å². The molecule has 1 unspecified atom stereocenters. The minimum Gasteiger partial charge on any atom is -0.444 e.